The lowest BCUT2D eigenvalue weighted by Gasteiger charge is -2.23. The quantitative estimate of drug-likeness (QED) is 0.399. The van der Waals surface area contributed by atoms with Gasteiger partial charge in [-0.3, -0.25) is 19.2 Å². The maximum Gasteiger partial charge on any atom is 0.293 e. The first kappa shape index (κ1) is 18.4. The molecule has 1 aliphatic rings. The minimum Gasteiger partial charge on any atom is -0.507 e. The second-order valence-electron chi connectivity index (χ2n) is 6.66. The number of fused-ring (bicyclic) bond motifs is 3. The molecule has 1 heterocycles. The normalized spacial score (nSPS) is 12.6. The van der Waals surface area contributed by atoms with E-state index in [0.717, 1.165) is 6.07 Å². The SMILES string of the molecule is Cc1c2c(cc(=O)n1CCOC=O)C(=O)c1cc3cccc(O)c3c(O)c1C2=O. The van der Waals surface area contributed by atoms with Gasteiger partial charge in [0.05, 0.1) is 23.1 Å². The first-order valence-corrected chi connectivity index (χ1v) is 8.73. The third kappa shape index (κ3) is 2.60. The molecule has 0 fully saturated rings. The molecule has 2 aromatic carbocycles. The topological polar surface area (TPSA) is 123 Å². The number of carbonyl (C=O) groups is 3. The molecule has 1 aromatic heterocycles. The molecular weight excluding hydrogens is 378 g/mol. The number of aromatic nitrogens is 1. The molecule has 2 N–H and O–H groups in total. The van der Waals surface area contributed by atoms with Crippen LogP contribution in [0.3, 0.4) is 0 Å². The summed E-state index contributed by atoms with van der Waals surface area (Å²) in [6.07, 6.45) is 0. The fourth-order valence-corrected chi connectivity index (χ4v) is 3.80. The van der Waals surface area contributed by atoms with Crippen molar-refractivity contribution in [2.75, 3.05) is 6.61 Å². The maximum atomic E-state index is 13.2. The van der Waals surface area contributed by atoms with Gasteiger partial charge in [-0.2, -0.15) is 0 Å². The van der Waals surface area contributed by atoms with Crippen LogP contribution in [0.2, 0.25) is 0 Å². The average Bonchev–Trinajstić information content (AvgIpc) is 2.68. The molecule has 146 valence electrons. The molecule has 4 rings (SSSR count). The van der Waals surface area contributed by atoms with E-state index in [1.807, 2.05) is 0 Å². The predicted octanol–water partition coefficient (Wildman–Crippen LogP) is 1.67. The summed E-state index contributed by atoms with van der Waals surface area (Å²) in [7, 11) is 0. The van der Waals surface area contributed by atoms with Crippen molar-refractivity contribution >= 4 is 28.8 Å². The summed E-state index contributed by atoms with van der Waals surface area (Å²) in [6.45, 7) is 1.69. The van der Waals surface area contributed by atoms with E-state index in [0.29, 0.717) is 5.39 Å². The van der Waals surface area contributed by atoms with Gasteiger partial charge in [-0.15, -0.1) is 0 Å². The molecular formula is C21H15NO7. The summed E-state index contributed by atoms with van der Waals surface area (Å²) >= 11 is 0. The highest BCUT2D eigenvalue weighted by Crippen LogP contribution is 2.41. The van der Waals surface area contributed by atoms with Crippen LogP contribution in [0.15, 0.2) is 35.1 Å². The molecule has 0 radical (unpaired) electrons. The van der Waals surface area contributed by atoms with Gasteiger partial charge in [0.2, 0.25) is 0 Å². The van der Waals surface area contributed by atoms with Gasteiger partial charge in [0.25, 0.3) is 12.0 Å². The zero-order chi connectivity index (χ0) is 20.9. The number of aromatic hydroxyl groups is 2. The van der Waals surface area contributed by atoms with Crippen LogP contribution in [0.1, 0.15) is 37.5 Å². The molecule has 29 heavy (non-hydrogen) atoms. The summed E-state index contributed by atoms with van der Waals surface area (Å²) < 4.78 is 5.85. The molecule has 0 amide bonds. The number of nitrogens with zero attached hydrogens (tertiary/aromatic N) is 1. The van der Waals surface area contributed by atoms with E-state index in [9.17, 15) is 29.4 Å². The summed E-state index contributed by atoms with van der Waals surface area (Å²) in [6, 6.07) is 7.02. The van der Waals surface area contributed by atoms with Crippen LogP contribution in [0.5, 0.6) is 11.5 Å². The van der Waals surface area contributed by atoms with Crippen LogP contribution in [0.25, 0.3) is 10.8 Å². The van der Waals surface area contributed by atoms with E-state index in [2.05, 4.69) is 4.74 Å². The van der Waals surface area contributed by atoms with Gasteiger partial charge in [-0.1, -0.05) is 12.1 Å². The van der Waals surface area contributed by atoms with Crippen LogP contribution in [0, 0.1) is 6.92 Å². The van der Waals surface area contributed by atoms with Gasteiger partial charge < -0.3 is 19.5 Å². The van der Waals surface area contributed by atoms with Crippen molar-refractivity contribution in [1.82, 2.24) is 4.57 Å². The second kappa shape index (κ2) is 6.59. The van der Waals surface area contributed by atoms with Gasteiger partial charge in [-0.05, 0) is 24.4 Å². The number of rotatable bonds is 4. The molecule has 3 aromatic rings. The van der Waals surface area contributed by atoms with Gasteiger partial charge in [-0.25, -0.2) is 0 Å². The van der Waals surface area contributed by atoms with Crippen molar-refractivity contribution in [3.8, 4) is 11.5 Å². The summed E-state index contributed by atoms with van der Waals surface area (Å²) in [4.78, 5) is 49.1. The van der Waals surface area contributed by atoms with Gasteiger partial charge >= 0.3 is 0 Å². The molecule has 8 heteroatoms. The lowest BCUT2D eigenvalue weighted by Crippen LogP contribution is -2.32. The Labute approximate surface area is 163 Å². The highest BCUT2D eigenvalue weighted by molar-refractivity contribution is 6.31. The van der Waals surface area contributed by atoms with E-state index >= 15 is 0 Å². The third-order valence-electron chi connectivity index (χ3n) is 5.13. The fraction of sp³-hybridized carbons (Fsp3) is 0.143. The van der Waals surface area contributed by atoms with E-state index < -0.39 is 22.9 Å². The molecule has 0 unspecified atom stereocenters. The zero-order valence-electron chi connectivity index (χ0n) is 15.3. The molecule has 0 aliphatic heterocycles. The number of benzene rings is 2. The van der Waals surface area contributed by atoms with Crippen LogP contribution in [0.4, 0.5) is 0 Å². The molecule has 8 nitrogen and oxygen atoms in total. The number of phenols is 2. The summed E-state index contributed by atoms with van der Waals surface area (Å²) in [5.41, 5.74) is -0.576. The fourth-order valence-electron chi connectivity index (χ4n) is 3.80. The molecule has 0 saturated heterocycles. The Bertz CT molecular complexity index is 1290. The zero-order valence-corrected chi connectivity index (χ0v) is 15.3. The number of pyridine rings is 1. The highest BCUT2D eigenvalue weighted by atomic mass is 16.5. The van der Waals surface area contributed by atoms with Crippen molar-refractivity contribution in [2.45, 2.75) is 13.5 Å². The summed E-state index contributed by atoms with van der Waals surface area (Å²) in [5.74, 6) is -1.89. The Hall–Kier alpha value is -3.94. The molecule has 1 aliphatic carbocycles. The van der Waals surface area contributed by atoms with E-state index in [-0.39, 0.29) is 58.7 Å². The lowest BCUT2D eigenvalue weighted by atomic mass is 9.81. The monoisotopic (exact) mass is 393 g/mol. The Morgan fingerprint density at radius 2 is 1.76 bits per heavy atom. The van der Waals surface area contributed by atoms with Gasteiger partial charge in [0.1, 0.15) is 18.1 Å². The van der Waals surface area contributed by atoms with Gasteiger partial charge in [0, 0.05) is 22.9 Å². The largest absolute Gasteiger partial charge is 0.507 e. The Kier molecular flexibility index (Phi) is 4.19. The van der Waals surface area contributed by atoms with Crippen molar-refractivity contribution in [2.24, 2.45) is 0 Å². The molecule has 0 bridgehead atoms. The number of ether oxygens (including phenoxy) is 1. The smallest absolute Gasteiger partial charge is 0.293 e. The lowest BCUT2D eigenvalue weighted by molar-refractivity contribution is -0.128. The first-order chi connectivity index (χ1) is 13.9. The molecule has 0 atom stereocenters. The Morgan fingerprint density at radius 1 is 1.03 bits per heavy atom. The van der Waals surface area contributed by atoms with Crippen LogP contribution >= 0.6 is 0 Å². The number of hydrogen-bond donors (Lipinski definition) is 2. The molecule has 0 saturated carbocycles. The van der Waals surface area contributed by atoms with E-state index in [1.165, 1.54) is 23.6 Å². The van der Waals surface area contributed by atoms with Crippen LogP contribution < -0.4 is 5.56 Å². The van der Waals surface area contributed by atoms with Crippen molar-refractivity contribution in [3.63, 3.8) is 0 Å². The van der Waals surface area contributed by atoms with E-state index in [4.69, 9.17) is 0 Å². The predicted molar refractivity (Wildman–Crippen MR) is 102 cm³/mol. The highest BCUT2D eigenvalue weighted by Gasteiger charge is 2.36. The van der Waals surface area contributed by atoms with Crippen molar-refractivity contribution < 1.29 is 29.3 Å². The number of hydrogen-bond acceptors (Lipinski definition) is 7. The molecule has 0 spiro atoms. The van der Waals surface area contributed by atoms with Crippen LogP contribution in [-0.4, -0.2) is 39.4 Å². The van der Waals surface area contributed by atoms with Crippen molar-refractivity contribution in [1.29, 1.82) is 0 Å². The first-order valence-electron chi connectivity index (χ1n) is 8.73. The van der Waals surface area contributed by atoms with Crippen LogP contribution in [-0.2, 0) is 16.1 Å². The third-order valence-corrected chi connectivity index (χ3v) is 5.13. The minimum absolute atomic E-state index is 0.00160. The standard InChI is InChI=1S/C21H15NO7/c1-10-16-13(8-15(25)22(10)5-6-29-9-23)19(26)12-7-11-3-2-4-14(24)17(11)21(28)18(12)20(16)27/h2-4,7-9,24,28H,5-6H2,1H3. The maximum absolute atomic E-state index is 13.2. The summed E-state index contributed by atoms with van der Waals surface area (Å²) in [5, 5.41) is 21.3. The Morgan fingerprint density at radius 3 is 2.48 bits per heavy atom. The Balaban J connectivity index is 1.98. The average molecular weight is 393 g/mol. The second-order valence-corrected chi connectivity index (χ2v) is 6.66. The van der Waals surface area contributed by atoms with E-state index in [1.54, 1.807) is 12.1 Å². The van der Waals surface area contributed by atoms with Gasteiger partial charge in [0.15, 0.2) is 11.6 Å². The minimum atomic E-state index is -0.625. The number of ketones is 2. The number of carbonyl (C=O) groups excluding carboxylic acids is 3. The number of phenolic OH excluding ortho intramolecular Hbond substituents is 2. The van der Waals surface area contributed by atoms with Crippen molar-refractivity contribution in [3.05, 3.63) is 68.6 Å².